The van der Waals surface area contributed by atoms with Crippen molar-refractivity contribution < 1.29 is 19.1 Å². The van der Waals surface area contributed by atoms with E-state index in [1.54, 1.807) is 18.2 Å². The van der Waals surface area contributed by atoms with E-state index in [0.717, 1.165) is 21.9 Å². The summed E-state index contributed by atoms with van der Waals surface area (Å²) in [4.78, 5) is 27.9. The van der Waals surface area contributed by atoms with Crippen LogP contribution in [0.2, 0.25) is 0 Å². The number of esters is 2. The summed E-state index contributed by atoms with van der Waals surface area (Å²) in [7, 11) is 0. The standard InChI is InChI=1S/C22H15NO4/c1-14(24)26-20-12-11-16(17-9-5-6-10-18(17)20)13-19-22(25)27-21(23-19)15-7-3-2-4-8-15/h2-13H,1H3/b19-13-. The van der Waals surface area contributed by atoms with Gasteiger partial charge in [0.1, 0.15) is 5.75 Å². The number of benzene rings is 3. The van der Waals surface area contributed by atoms with Crippen molar-refractivity contribution in [3.8, 4) is 5.75 Å². The van der Waals surface area contributed by atoms with E-state index in [-0.39, 0.29) is 17.6 Å². The number of hydrogen-bond acceptors (Lipinski definition) is 5. The Morgan fingerprint density at radius 2 is 1.67 bits per heavy atom. The molecule has 5 nitrogen and oxygen atoms in total. The molecule has 1 aliphatic heterocycles. The summed E-state index contributed by atoms with van der Waals surface area (Å²) >= 11 is 0. The van der Waals surface area contributed by atoms with E-state index in [2.05, 4.69) is 4.99 Å². The van der Waals surface area contributed by atoms with Crippen LogP contribution in [0.1, 0.15) is 18.1 Å². The van der Waals surface area contributed by atoms with Crippen LogP contribution >= 0.6 is 0 Å². The van der Waals surface area contributed by atoms with Crippen LogP contribution < -0.4 is 4.74 Å². The molecule has 3 aromatic rings. The fraction of sp³-hybridized carbons (Fsp3) is 0.0455. The van der Waals surface area contributed by atoms with Gasteiger partial charge in [0.25, 0.3) is 0 Å². The lowest BCUT2D eigenvalue weighted by Gasteiger charge is -2.08. The number of nitrogens with zero attached hydrogens (tertiary/aromatic N) is 1. The SMILES string of the molecule is CC(=O)Oc1ccc(/C=C2\N=C(c3ccccc3)OC2=O)c2ccccc12. The van der Waals surface area contributed by atoms with Gasteiger partial charge >= 0.3 is 11.9 Å². The predicted octanol–water partition coefficient (Wildman–Crippen LogP) is 4.11. The molecule has 0 radical (unpaired) electrons. The predicted molar refractivity (Wildman–Crippen MR) is 102 cm³/mol. The van der Waals surface area contributed by atoms with Crippen LogP contribution in [0.4, 0.5) is 0 Å². The molecular weight excluding hydrogens is 342 g/mol. The molecule has 4 rings (SSSR count). The molecule has 0 bridgehead atoms. The molecular formula is C22H15NO4. The molecule has 0 atom stereocenters. The van der Waals surface area contributed by atoms with E-state index in [0.29, 0.717) is 5.75 Å². The second kappa shape index (κ2) is 6.88. The van der Waals surface area contributed by atoms with Gasteiger partial charge in [-0.15, -0.1) is 0 Å². The summed E-state index contributed by atoms with van der Waals surface area (Å²) in [6.45, 7) is 1.36. The minimum Gasteiger partial charge on any atom is -0.426 e. The number of ether oxygens (including phenoxy) is 2. The van der Waals surface area contributed by atoms with E-state index < -0.39 is 5.97 Å². The second-order valence-corrected chi connectivity index (χ2v) is 5.99. The van der Waals surface area contributed by atoms with Crippen molar-refractivity contribution in [1.82, 2.24) is 0 Å². The zero-order chi connectivity index (χ0) is 18.8. The lowest BCUT2D eigenvalue weighted by atomic mass is 10.0. The third kappa shape index (κ3) is 3.35. The van der Waals surface area contributed by atoms with Gasteiger partial charge in [0.15, 0.2) is 5.70 Å². The van der Waals surface area contributed by atoms with Gasteiger partial charge in [0, 0.05) is 17.9 Å². The van der Waals surface area contributed by atoms with Crippen LogP contribution in [0, 0.1) is 0 Å². The molecule has 1 aliphatic rings. The van der Waals surface area contributed by atoms with Crippen LogP contribution in [-0.4, -0.2) is 17.8 Å². The first-order valence-corrected chi connectivity index (χ1v) is 8.40. The summed E-state index contributed by atoms with van der Waals surface area (Å²) in [5.41, 5.74) is 1.75. The highest BCUT2D eigenvalue weighted by molar-refractivity contribution is 6.13. The highest BCUT2D eigenvalue weighted by Gasteiger charge is 2.24. The molecule has 0 saturated carbocycles. The van der Waals surface area contributed by atoms with Crippen molar-refractivity contribution in [2.45, 2.75) is 6.92 Å². The molecule has 0 aromatic heterocycles. The smallest absolute Gasteiger partial charge is 0.363 e. The average molecular weight is 357 g/mol. The lowest BCUT2D eigenvalue weighted by molar-refractivity contribution is -0.132. The quantitative estimate of drug-likeness (QED) is 0.402. The van der Waals surface area contributed by atoms with Crippen LogP contribution in [0.15, 0.2) is 77.4 Å². The summed E-state index contributed by atoms with van der Waals surface area (Å²) in [6, 6.07) is 20.3. The average Bonchev–Trinajstić information content (AvgIpc) is 3.05. The molecule has 0 fully saturated rings. The molecule has 0 unspecified atom stereocenters. The Morgan fingerprint density at radius 3 is 2.41 bits per heavy atom. The molecule has 1 heterocycles. The normalized spacial score (nSPS) is 14.9. The fourth-order valence-electron chi connectivity index (χ4n) is 2.93. The van der Waals surface area contributed by atoms with Gasteiger partial charge in [0.05, 0.1) is 0 Å². The zero-order valence-corrected chi connectivity index (χ0v) is 14.5. The largest absolute Gasteiger partial charge is 0.426 e. The first kappa shape index (κ1) is 16.7. The molecule has 132 valence electrons. The lowest BCUT2D eigenvalue weighted by Crippen LogP contribution is -2.05. The van der Waals surface area contributed by atoms with E-state index in [4.69, 9.17) is 9.47 Å². The Labute approximate surface area is 155 Å². The Hall–Kier alpha value is -3.73. The molecule has 0 aliphatic carbocycles. The number of aliphatic imine (C=N–C) groups is 1. The van der Waals surface area contributed by atoms with Crippen LogP contribution in [-0.2, 0) is 14.3 Å². The Morgan fingerprint density at radius 1 is 0.963 bits per heavy atom. The van der Waals surface area contributed by atoms with E-state index in [9.17, 15) is 9.59 Å². The number of carbonyl (C=O) groups excluding carboxylic acids is 2. The molecule has 3 aromatic carbocycles. The number of fused-ring (bicyclic) bond motifs is 1. The molecule has 5 heteroatoms. The first-order chi connectivity index (χ1) is 13.1. The van der Waals surface area contributed by atoms with Gasteiger partial charge in [-0.3, -0.25) is 4.79 Å². The molecule has 0 N–H and O–H groups in total. The first-order valence-electron chi connectivity index (χ1n) is 8.40. The van der Waals surface area contributed by atoms with Crippen LogP contribution in [0.25, 0.3) is 16.8 Å². The van der Waals surface area contributed by atoms with Crippen molar-refractivity contribution in [3.05, 3.63) is 83.6 Å². The maximum atomic E-state index is 12.2. The summed E-state index contributed by atoms with van der Waals surface area (Å²) in [6.07, 6.45) is 1.68. The summed E-state index contributed by atoms with van der Waals surface area (Å²) in [5.74, 6) is -0.125. The van der Waals surface area contributed by atoms with Crippen molar-refractivity contribution in [1.29, 1.82) is 0 Å². The number of cyclic esters (lactones) is 1. The maximum absolute atomic E-state index is 12.2. The Balaban J connectivity index is 1.78. The Bertz CT molecular complexity index is 1110. The van der Waals surface area contributed by atoms with Gasteiger partial charge in [-0.25, -0.2) is 9.79 Å². The second-order valence-electron chi connectivity index (χ2n) is 5.99. The Kier molecular flexibility index (Phi) is 4.26. The van der Waals surface area contributed by atoms with Crippen LogP contribution in [0.3, 0.4) is 0 Å². The minimum atomic E-state index is -0.498. The van der Waals surface area contributed by atoms with Gasteiger partial charge in [0.2, 0.25) is 5.90 Å². The third-order valence-electron chi connectivity index (χ3n) is 4.10. The maximum Gasteiger partial charge on any atom is 0.363 e. The number of carbonyl (C=O) groups is 2. The number of rotatable bonds is 3. The van der Waals surface area contributed by atoms with E-state index in [1.165, 1.54) is 6.92 Å². The van der Waals surface area contributed by atoms with Crippen molar-refractivity contribution in [2.75, 3.05) is 0 Å². The molecule has 0 saturated heterocycles. The van der Waals surface area contributed by atoms with Gasteiger partial charge < -0.3 is 9.47 Å². The highest BCUT2D eigenvalue weighted by Crippen LogP contribution is 2.31. The van der Waals surface area contributed by atoms with Crippen molar-refractivity contribution in [2.24, 2.45) is 4.99 Å². The fourth-order valence-corrected chi connectivity index (χ4v) is 2.93. The third-order valence-corrected chi connectivity index (χ3v) is 4.10. The zero-order valence-electron chi connectivity index (χ0n) is 14.5. The minimum absolute atomic E-state index is 0.222. The molecule has 0 spiro atoms. The van der Waals surface area contributed by atoms with E-state index >= 15 is 0 Å². The van der Waals surface area contributed by atoms with E-state index in [1.807, 2.05) is 54.6 Å². The molecule has 27 heavy (non-hydrogen) atoms. The summed E-state index contributed by atoms with van der Waals surface area (Å²) in [5, 5.41) is 1.63. The topological polar surface area (TPSA) is 65.0 Å². The monoisotopic (exact) mass is 357 g/mol. The van der Waals surface area contributed by atoms with Gasteiger partial charge in [-0.2, -0.15) is 0 Å². The van der Waals surface area contributed by atoms with Crippen molar-refractivity contribution >= 4 is 34.7 Å². The summed E-state index contributed by atoms with van der Waals surface area (Å²) < 4.78 is 10.6. The number of hydrogen-bond donors (Lipinski definition) is 0. The highest BCUT2D eigenvalue weighted by atomic mass is 16.6. The van der Waals surface area contributed by atoms with Gasteiger partial charge in [-0.05, 0) is 35.2 Å². The molecule has 0 amide bonds. The van der Waals surface area contributed by atoms with Crippen LogP contribution in [0.5, 0.6) is 5.75 Å². The van der Waals surface area contributed by atoms with Crippen molar-refractivity contribution in [3.63, 3.8) is 0 Å². The van der Waals surface area contributed by atoms with Gasteiger partial charge in [-0.1, -0.05) is 48.5 Å².